The Bertz CT molecular complexity index is 1610. The fourth-order valence-corrected chi connectivity index (χ4v) is 5.32. The molecule has 5 heterocycles. The van der Waals surface area contributed by atoms with Gasteiger partial charge in [-0.1, -0.05) is 17.7 Å². The van der Waals surface area contributed by atoms with E-state index in [-0.39, 0.29) is 27.6 Å². The van der Waals surface area contributed by atoms with Crippen molar-refractivity contribution in [1.82, 2.24) is 19.4 Å². The average Bonchev–Trinajstić information content (AvgIpc) is 3.24. The number of carbonyl (C=O) groups is 1. The Morgan fingerprint density at radius 3 is 2.58 bits per heavy atom. The molecule has 0 amide bonds. The Labute approximate surface area is 219 Å². The SMILES string of the molecule is Cc1cc([C@@H](C)Nc2ccc(Cl)nc2C(=O)O)c2nc(N3CC4(COC4)C3)n3cc(C(F)(F)F)nc3c2c1. The summed E-state index contributed by atoms with van der Waals surface area (Å²) in [5.74, 6) is -0.883. The number of aryl methyl sites for hydroxylation is 1. The van der Waals surface area contributed by atoms with Crippen LogP contribution in [-0.2, 0) is 10.9 Å². The van der Waals surface area contributed by atoms with Gasteiger partial charge in [-0.3, -0.25) is 4.40 Å². The van der Waals surface area contributed by atoms with Gasteiger partial charge in [0.25, 0.3) is 0 Å². The molecule has 2 aliphatic rings. The molecule has 13 heteroatoms. The zero-order valence-corrected chi connectivity index (χ0v) is 21.1. The first-order valence-electron chi connectivity index (χ1n) is 11.8. The number of carboxylic acid groups (broad SMARTS) is 1. The van der Waals surface area contributed by atoms with Crippen LogP contribution < -0.4 is 10.2 Å². The standard InChI is InChI=1S/C25H22ClF3N6O3/c1-12-5-14(13(2)30-16-3-4-18(26)32-20(16)22(36)37)19-15(6-12)21-31-17(25(27,28)29)7-35(21)23(33-19)34-8-24(9-34)10-38-11-24/h3-7,13,30H,8-11H2,1-2H3,(H,36,37)/t13-/m1/s1. The smallest absolute Gasteiger partial charge is 0.434 e. The molecule has 1 aromatic carbocycles. The van der Waals surface area contributed by atoms with Crippen molar-refractivity contribution in [1.29, 1.82) is 0 Å². The first kappa shape index (κ1) is 24.7. The monoisotopic (exact) mass is 546 g/mol. The lowest BCUT2D eigenvalue weighted by atomic mass is 9.78. The van der Waals surface area contributed by atoms with Crippen LogP contribution in [0.25, 0.3) is 16.6 Å². The summed E-state index contributed by atoms with van der Waals surface area (Å²) in [5, 5.41) is 13.2. The zero-order valence-electron chi connectivity index (χ0n) is 20.3. The number of imidazole rings is 1. The number of hydrogen-bond donors (Lipinski definition) is 2. The molecule has 0 radical (unpaired) electrons. The first-order valence-corrected chi connectivity index (χ1v) is 12.2. The van der Waals surface area contributed by atoms with Crippen LogP contribution in [0.4, 0.5) is 24.8 Å². The Balaban J connectivity index is 1.50. The molecule has 38 heavy (non-hydrogen) atoms. The summed E-state index contributed by atoms with van der Waals surface area (Å²) < 4.78 is 47.9. The largest absolute Gasteiger partial charge is 0.476 e. The molecular formula is C25H22ClF3N6O3. The van der Waals surface area contributed by atoms with E-state index in [0.717, 1.165) is 11.8 Å². The Morgan fingerprint density at radius 2 is 1.95 bits per heavy atom. The van der Waals surface area contributed by atoms with Gasteiger partial charge in [0, 0.05) is 30.2 Å². The summed E-state index contributed by atoms with van der Waals surface area (Å²) in [5.41, 5.74) is 1.11. The number of aromatic nitrogens is 4. The van der Waals surface area contributed by atoms with Crippen LogP contribution >= 0.6 is 11.6 Å². The summed E-state index contributed by atoms with van der Waals surface area (Å²) in [4.78, 5) is 26.4. The highest BCUT2D eigenvalue weighted by molar-refractivity contribution is 6.29. The molecule has 2 saturated heterocycles. The molecule has 0 bridgehead atoms. The number of hydrogen-bond acceptors (Lipinski definition) is 7. The Kier molecular flexibility index (Phi) is 5.48. The van der Waals surface area contributed by atoms with Gasteiger partial charge in [0.15, 0.2) is 11.4 Å². The molecule has 1 spiro atoms. The number of benzene rings is 1. The van der Waals surface area contributed by atoms with Gasteiger partial charge < -0.3 is 20.1 Å². The van der Waals surface area contributed by atoms with E-state index >= 15 is 0 Å². The summed E-state index contributed by atoms with van der Waals surface area (Å²) in [6, 6.07) is 6.15. The molecule has 4 aromatic rings. The van der Waals surface area contributed by atoms with E-state index in [1.165, 1.54) is 16.5 Å². The molecule has 2 fully saturated rings. The molecule has 2 aliphatic heterocycles. The fraction of sp³-hybridized carbons (Fsp3) is 0.360. The van der Waals surface area contributed by atoms with Gasteiger partial charge in [0.2, 0.25) is 5.95 Å². The van der Waals surface area contributed by atoms with Crippen molar-refractivity contribution >= 4 is 45.8 Å². The van der Waals surface area contributed by atoms with Gasteiger partial charge in [0.1, 0.15) is 10.8 Å². The van der Waals surface area contributed by atoms with E-state index in [4.69, 9.17) is 21.3 Å². The van der Waals surface area contributed by atoms with E-state index in [2.05, 4.69) is 15.3 Å². The van der Waals surface area contributed by atoms with Crippen LogP contribution in [0.3, 0.4) is 0 Å². The normalized spacial score (nSPS) is 17.5. The van der Waals surface area contributed by atoms with Crippen LogP contribution in [0.5, 0.6) is 0 Å². The van der Waals surface area contributed by atoms with E-state index in [1.807, 2.05) is 24.8 Å². The van der Waals surface area contributed by atoms with Crippen LogP contribution in [0.15, 0.2) is 30.5 Å². The third-order valence-electron chi connectivity index (χ3n) is 7.00. The van der Waals surface area contributed by atoms with Crippen LogP contribution in [0.2, 0.25) is 5.15 Å². The zero-order chi connectivity index (χ0) is 27.0. The summed E-state index contributed by atoms with van der Waals surface area (Å²) >= 11 is 5.89. The molecule has 0 saturated carbocycles. The van der Waals surface area contributed by atoms with E-state index < -0.39 is 23.9 Å². The Morgan fingerprint density at radius 1 is 1.21 bits per heavy atom. The lowest BCUT2D eigenvalue weighted by molar-refractivity contribution is -0.140. The number of ether oxygens (including phenoxy) is 1. The minimum Gasteiger partial charge on any atom is -0.476 e. The maximum atomic E-state index is 13.7. The van der Waals surface area contributed by atoms with Crippen molar-refractivity contribution in [3.8, 4) is 0 Å². The van der Waals surface area contributed by atoms with E-state index in [9.17, 15) is 23.1 Å². The summed E-state index contributed by atoms with van der Waals surface area (Å²) in [6.45, 7) is 6.11. The highest BCUT2D eigenvalue weighted by Crippen LogP contribution is 2.42. The average molecular weight is 547 g/mol. The number of anilines is 2. The molecule has 2 N–H and O–H groups in total. The van der Waals surface area contributed by atoms with Gasteiger partial charge >= 0.3 is 12.1 Å². The van der Waals surface area contributed by atoms with Crippen molar-refractivity contribution in [2.75, 3.05) is 36.5 Å². The van der Waals surface area contributed by atoms with E-state index in [0.29, 0.717) is 48.7 Å². The van der Waals surface area contributed by atoms with Gasteiger partial charge in [-0.05, 0) is 37.6 Å². The fourth-order valence-electron chi connectivity index (χ4n) is 5.17. The summed E-state index contributed by atoms with van der Waals surface area (Å²) in [6.07, 6.45) is -3.63. The van der Waals surface area contributed by atoms with Crippen LogP contribution in [0.1, 0.15) is 40.3 Å². The molecule has 0 unspecified atom stereocenters. The predicted molar refractivity (Wildman–Crippen MR) is 134 cm³/mol. The second-order valence-electron chi connectivity index (χ2n) is 10.0. The van der Waals surface area contributed by atoms with Crippen LogP contribution in [-0.4, -0.2) is 56.7 Å². The molecular weight excluding hydrogens is 525 g/mol. The number of rotatable bonds is 5. The minimum atomic E-state index is -4.62. The number of nitrogens with one attached hydrogen (secondary N) is 1. The first-order chi connectivity index (χ1) is 17.9. The second-order valence-corrected chi connectivity index (χ2v) is 10.4. The predicted octanol–water partition coefficient (Wildman–Crippen LogP) is 4.97. The highest BCUT2D eigenvalue weighted by atomic mass is 35.5. The molecule has 3 aromatic heterocycles. The van der Waals surface area contributed by atoms with Gasteiger partial charge in [-0.15, -0.1) is 0 Å². The molecule has 6 rings (SSSR count). The number of aromatic carboxylic acids is 1. The second kappa shape index (κ2) is 8.43. The van der Waals surface area contributed by atoms with Crippen molar-refractivity contribution in [2.24, 2.45) is 5.41 Å². The maximum Gasteiger partial charge on any atom is 0.434 e. The van der Waals surface area contributed by atoms with E-state index in [1.54, 1.807) is 6.07 Å². The lowest BCUT2D eigenvalue weighted by Gasteiger charge is -2.55. The summed E-state index contributed by atoms with van der Waals surface area (Å²) in [7, 11) is 0. The number of carboxylic acids is 1. The van der Waals surface area contributed by atoms with Gasteiger partial charge in [0.05, 0.1) is 35.9 Å². The van der Waals surface area contributed by atoms with Crippen molar-refractivity contribution in [2.45, 2.75) is 26.1 Å². The molecule has 9 nitrogen and oxygen atoms in total. The number of halogens is 4. The van der Waals surface area contributed by atoms with Crippen molar-refractivity contribution in [3.05, 3.63) is 58.1 Å². The van der Waals surface area contributed by atoms with Gasteiger partial charge in [-0.2, -0.15) is 13.2 Å². The van der Waals surface area contributed by atoms with Crippen LogP contribution in [0, 0.1) is 12.3 Å². The van der Waals surface area contributed by atoms with Crippen molar-refractivity contribution in [3.63, 3.8) is 0 Å². The number of nitrogens with zero attached hydrogens (tertiary/aromatic N) is 5. The maximum absolute atomic E-state index is 13.7. The lowest BCUT2D eigenvalue weighted by Crippen LogP contribution is -2.66. The number of alkyl halides is 3. The molecule has 198 valence electrons. The molecule has 1 atom stereocenters. The third-order valence-corrected chi connectivity index (χ3v) is 7.21. The van der Waals surface area contributed by atoms with Crippen molar-refractivity contribution < 1.29 is 27.8 Å². The topological polar surface area (TPSA) is 105 Å². The minimum absolute atomic E-state index is 0.0101. The third kappa shape index (κ3) is 3.99. The number of fused-ring (bicyclic) bond motifs is 3. The molecule has 0 aliphatic carbocycles. The Hall–Kier alpha value is -3.64. The quantitative estimate of drug-likeness (QED) is 0.338. The van der Waals surface area contributed by atoms with Gasteiger partial charge in [-0.25, -0.2) is 19.7 Å². The highest BCUT2D eigenvalue weighted by Gasteiger charge is 2.50. The number of pyridine rings is 1.